The van der Waals surface area contributed by atoms with E-state index in [1.54, 1.807) is 6.07 Å². The number of ether oxygens (including phenoxy) is 5. The van der Waals surface area contributed by atoms with Crippen molar-refractivity contribution in [1.82, 2.24) is 0 Å². The van der Waals surface area contributed by atoms with E-state index in [0.717, 1.165) is 25.9 Å². The van der Waals surface area contributed by atoms with Gasteiger partial charge in [0.25, 0.3) is 5.69 Å². The molecule has 0 N–H and O–H groups in total. The molecule has 1 aliphatic rings. The van der Waals surface area contributed by atoms with Crippen molar-refractivity contribution in [2.24, 2.45) is 0 Å². The van der Waals surface area contributed by atoms with E-state index in [9.17, 15) is 14.9 Å². The Hall–Kier alpha value is -2.07. The van der Waals surface area contributed by atoms with Gasteiger partial charge in [-0.2, -0.15) is 0 Å². The van der Waals surface area contributed by atoms with Crippen LogP contribution in [0.4, 0.5) is 5.69 Å². The molecule has 26 heavy (non-hydrogen) atoms. The summed E-state index contributed by atoms with van der Waals surface area (Å²) < 4.78 is 26.1. The SMILES string of the molecule is COC(=O)c1ccc(COCOCCOC2CCCCO2)cc1[N+](=O)[O-]. The van der Waals surface area contributed by atoms with Gasteiger partial charge < -0.3 is 23.7 Å². The molecule has 1 unspecified atom stereocenters. The Kier molecular flexibility index (Phi) is 8.42. The van der Waals surface area contributed by atoms with Gasteiger partial charge in [-0.1, -0.05) is 6.07 Å². The van der Waals surface area contributed by atoms with Crippen molar-refractivity contribution in [1.29, 1.82) is 0 Å². The molecule has 2 rings (SSSR count). The largest absolute Gasteiger partial charge is 0.465 e. The van der Waals surface area contributed by atoms with Crippen molar-refractivity contribution < 1.29 is 33.4 Å². The normalized spacial score (nSPS) is 17.0. The molecule has 9 heteroatoms. The molecule has 144 valence electrons. The van der Waals surface area contributed by atoms with Gasteiger partial charge in [-0.25, -0.2) is 4.79 Å². The van der Waals surface area contributed by atoms with Crippen LogP contribution in [-0.4, -0.2) is 50.9 Å². The number of nitrogens with zero attached hydrogens (tertiary/aromatic N) is 1. The minimum absolute atomic E-state index is 0.0292. The van der Waals surface area contributed by atoms with Gasteiger partial charge in [-0.3, -0.25) is 10.1 Å². The van der Waals surface area contributed by atoms with Crippen LogP contribution in [0.1, 0.15) is 35.2 Å². The lowest BCUT2D eigenvalue weighted by Crippen LogP contribution is -2.24. The zero-order valence-electron chi connectivity index (χ0n) is 14.7. The number of nitro benzene ring substituents is 1. The van der Waals surface area contributed by atoms with Crippen LogP contribution >= 0.6 is 0 Å². The first-order chi connectivity index (χ1) is 12.6. The topological polar surface area (TPSA) is 106 Å². The number of methoxy groups -OCH3 is 1. The number of nitro groups is 1. The summed E-state index contributed by atoms with van der Waals surface area (Å²) in [7, 11) is 1.17. The van der Waals surface area contributed by atoms with E-state index in [0.29, 0.717) is 18.8 Å². The van der Waals surface area contributed by atoms with Crippen molar-refractivity contribution in [3.8, 4) is 0 Å². The average Bonchev–Trinajstić information content (AvgIpc) is 2.67. The Morgan fingerprint density at radius 2 is 2.15 bits per heavy atom. The fourth-order valence-electron chi connectivity index (χ4n) is 2.46. The van der Waals surface area contributed by atoms with Crippen LogP contribution in [0.25, 0.3) is 0 Å². The highest BCUT2D eigenvalue weighted by Gasteiger charge is 2.21. The molecule has 9 nitrogen and oxygen atoms in total. The second-order valence-electron chi connectivity index (χ2n) is 5.64. The van der Waals surface area contributed by atoms with Crippen LogP contribution in [-0.2, 0) is 30.3 Å². The van der Waals surface area contributed by atoms with Crippen molar-refractivity contribution in [2.75, 3.05) is 33.7 Å². The number of esters is 1. The van der Waals surface area contributed by atoms with Gasteiger partial charge >= 0.3 is 5.97 Å². The molecule has 1 aromatic carbocycles. The molecule has 1 atom stereocenters. The number of carbonyl (C=O) groups excluding carboxylic acids is 1. The van der Waals surface area contributed by atoms with Gasteiger partial charge in [0.15, 0.2) is 6.29 Å². The molecule has 1 fully saturated rings. The summed E-state index contributed by atoms with van der Waals surface area (Å²) in [5, 5.41) is 11.1. The summed E-state index contributed by atoms with van der Waals surface area (Å²) >= 11 is 0. The molecular weight excluding hydrogens is 346 g/mol. The first kappa shape index (κ1) is 20.2. The van der Waals surface area contributed by atoms with Gasteiger partial charge in [0, 0.05) is 12.7 Å². The maximum Gasteiger partial charge on any atom is 0.344 e. The lowest BCUT2D eigenvalue weighted by atomic mass is 10.1. The molecule has 1 heterocycles. The van der Waals surface area contributed by atoms with Gasteiger partial charge in [0.2, 0.25) is 0 Å². The fourth-order valence-corrected chi connectivity index (χ4v) is 2.46. The summed E-state index contributed by atoms with van der Waals surface area (Å²) in [6, 6.07) is 4.21. The zero-order chi connectivity index (χ0) is 18.8. The van der Waals surface area contributed by atoms with E-state index in [-0.39, 0.29) is 30.9 Å². The average molecular weight is 369 g/mol. The third-order valence-corrected chi connectivity index (χ3v) is 3.77. The lowest BCUT2D eigenvalue weighted by Gasteiger charge is -2.22. The second kappa shape index (κ2) is 10.8. The molecule has 0 bridgehead atoms. The van der Waals surface area contributed by atoms with Crippen LogP contribution in [0.2, 0.25) is 0 Å². The summed E-state index contributed by atoms with van der Waals surface area (Å²) in [4.78, 5) is 22.0. The highest BCUT2D eigenvalue weighted by Crippen LogP contribution is 2.21. The molecule has 1 aromatic rings. The molecule has 0 saturated carbocycles. The van der Waals surface area contributed by atoms with Crippen LogP contribution in [0.5, 0.6) is 0 Å². The van der Waals surface area contributed by atoms with Crippen LogP contribution in [0.3, 0.4) is 0 Å². The Bertz CT molecular complexity index is 600. The van der Waals surface area contributed by atoms with Crippen molar-refractivity contribution in [2.45, 2.75) is 32.2 Å². The molecule has 0 aromatic heterocycles. The van der Waals surface area contributed by atoms with Crippen molar-refractivity contribution in [3.05, 3.63) is 39.4 Å². The highest BCUT2D eigenvalue weighted by atomic mass is 16.7. The highest BCUT2D eigenvalue weighted by molar-refractivity contribution is 5.93. The number of hydrogen-bond acceptors (Lipinski definition) is 8. The standard InChI is InChI=1S/C17H23NO8/c1-22-17(19)14-6-5-13(10-15(14)18(20)21)11-24-12-23-8-9-26-16-4-2-3-7-25-16/h5-6,10,16H,2-4,7-9,11-12H2,1H3. The minimum atomic E-state index is -0.755. The smallest absolute Gasteiger partial charge is 0.344 e. The number of hydrogen-bond donors (Lipinski definition) is 0. The van der Waals surface area contributed by atoms with Crippen LogP contribution < -0.4 is 0 Å². The third-order valence-electron chi connectivity index (χ3n) is 3.77. The van der Waals surface area contributed by atoms with Gasteiger partial charge in [-0.15, -0.1) is 0 Å². The summed E-state index contributed by atoms with van der Waals surface area (Å²) in [5.41, 5.74) is 0.138. The summed E-state index contributed by atoms with van der Waals surface area (Å²) in [5.74, 6) is -0.755. The quantitative estimate of drug-likeness (QED) is 0.203. The van der Waals surface area contributed by atoms with E-state index in [2.05, 4.69) is 4.74 Å². The van der Waals surface area contributed by atoms with E-state index in [4.69, 9.17) is 18.9 Å². The molecule has 0 aliphatic carbocycles. The number of rotatable bonds is 10. The fraction of sp³-hybridized carbons (Fsp3) is 0.588. The molecular formula is C17H23NO8. The number of carbonyl (C=O) groups is 1. The van der Waals surface area contributed by atoms with Crippen molar-refractivity contribution in [3.63, 3.8) is 0 Å². The first-order valence-electron chi connectivity index (χ1n) is 8.36. The molecule has 0 radical (unpaired) electrons. The zero-order valence-corrected chi connectivity index (χ0v) is 14.7. The molecule has 0 spiro atoms. The van der Waals surface area contributed by atoms with E-state index >= 15 is 0 Å². The predicted molar refractivity (Wildman–Crippen MR) is 89.6 cm³/mol. The molecule has 0 amide bonds. The van der Waals surface area contributed by atoms with Crippen LogP contribution in [0.15, 0.2) is 18.2 Å². The Labute approximate surface area is 151 Å². The monoisotopic (exact) mass is 369 g/mol. The van der Waals surface area contributed by atoms with E-state index < -0.39 is 10.9 Å². The van der Waals surface area contributed by atoms with E-state index in [1.807, 2.05) is 0 Å². The van der Waals surface area contributed by atoms with Gasteiger partial charge in [0.1, 0.15) is 12.4 Å². The number of benzene rings is 1. The van der Waals surface area contributed by atoms with E-state index in [1.165, 1.54) is 19.2 Å². The Morgan fingerprint density at radius 1 is 1.31 bits per heavy atom. The third kappa shape index (κ3) is 6.34. The maximum absolute atomic E-state index is 11.5. The first-order valence-corrected chi connectivity index (χ1v) is 8.36. The van der Waals surface area contributed by atoms with Crippen LogP contribution in [0, 0.1) is 10.1 Å². The van der Waals surface area contributed by atoms with Gasteiger partial charge in [0.05, 0.1) is 31.9 Å². The lowest BCUT2D eigenvalue weighted by molar-refractivity contribution is -0.385. The second-order valence-corrected chi connectivity index (χ2v) is 5.64. The van der Waals surface area contributed by atoms with Crippen molar-refractivity contribution >= 4 is 11.7 Å². The van der Waals surface area contributed by atoms with Gasteiger partial charge in [-0.05, 0) is 30.9 Å². The predicted octanol–water partition coefficient (Wildman–Crippen LogP) is 2.42. The summed E-state index contributed by atoms with van der Waals surface area (Å²) in [6.07, 6.45) is 2.93. The maximum atomic E-state index is 11.5. The summed E-state index contributed by atoms with van der Waals surface area (Å²) in [6.45, 7) is 1.65. The Balaban J connectivity index is 1.68. The molecule has 1 saturated heterocycles. The minimum Gasteiger partial charge on any atom is -0.465 e. The Morgan fingerprint density at radius 3 is 2.85 bits per heavy atom. The molecule has 1 aliphatic heterocycles.